The molecule has 2 fully saturated rings. The first kappa shape index (κ1) is 31.9. The maximum atomic E-state index is 12.3. The van der Waals surface area contributed by atoms with Crippen LogP contribution in [0.1, 0.15) is 93.4 Å². The number of esters is 1. The Morgan fingerprint density at radius 1 is 1.08 bits per heavy atom. The molecule has 0 radical (unpaired) electrons. The molecule has 0 aromatic rings. The van der Waals surface area contributed by atoms with Crippen molar-refractivity contribution in [3.05, 3.63) is 0 Å². The zero-order chi connectivity index (χ0) is 28.2. The summed E-state index contributed by atoms with van der Waals surface area (Å²) in [6.45, 7) is 19.2. The van der Waals surface area contributed by atoms with Crippen LogP contribution in [0.4, 0.5) is 0 Å². The Hall–Kier alpha value is -1.29. The molecule has 0 amide bonds. The zero-order valence-electron chi connectivity index (χ0n) is 24.5. The standard InChI is InChI=1S/C28H50O8Si/c1-19(22(29)16-24(30)31)15-20-12-13-23-28(36-20,18-34-37(8,9)27(5,6)7)17-21(35-23)11-10-14-33-25(32)26(2,3)4/h19-21,23H,10-18H2,1-9H3,(H,30,31)/t19-,20?,21+,23+,28-/m1/s1. The molecule has 0 saturated carbocycles. The van der Waals surface area contributed by atoms with E-state index in [9.17, 15) is 14.4 Å². The molecule has 0 aliphatic carbocycles. The summed E-state index contributed by atoms with van der Waals surface area (Å²) in [5.74, 6) is -1.95. The second-order valence-electron chi connectivity index (χ2n) is 13.6. The van der Waals surface area contributed by atoms with Crippen molar-refractivity contribution in [3.8, 4) is 0 Å². The van der Waals surface area contributed by atoms with E-state index < -0.39 is 31.7 Å². The molecule has 5 atom stereocenters. The van der Waals surface area contributed by atoms with Gasteiger partial charge in [0.05, 0.1) is 36.9 Å². The third-order valence-electron chi connectivity index (χ3n) is 8.16. The van der Waals surface area contributed by atoms with Gasteiger partial charge in [0.1, 0.15) is 17.8 Å². The molecular formula is C28H50O8Si. The Kier molecular flexibility index (Phi) is 10.6. The highest BCUT2D eigenvalue weighted by atomic mass is 28.4. The van der Waals surface area contributed by atoms with Crippen LogP contribution >= 0.6 is 0 Å². The molecule has 2 aliphatic heterocycles. The average molecular weight is 543 g/mol. The molecule has 0 aromatic heterocycles. The van der Waals surface area contributed by atoms with E-state index in [-0.39, 0.29) is 41.0 Å². The Morgan fingerprint density at radius 2 is 1.73 bits per heavy atom. The SMILES string of the molecule is C[C@H](CC1CC[C@@H]2O[C@@H](CCCOC(=O)C(C)(C)C)C[C@]2(CO[Si](C)(C)C(C)(C)C)O1)C(=O)CC(=O)O. The fourth-order valence-electron chi connectivity index (χ4n) is 4.69. The number of carboxylic acids is 1. The van der Waals surface area contributed by atoms with Crippen molar-refractivity contribution >= 4 is 26.0 Å². The molecule has 2 aliphatic rings. The number of carbonyl (C=O) groups is 3. The lowest BCUT2D eigenvalue weighted by Crippen LogP contribution is -2.55. The third kappa shape index (κ3) is 8.87. The second-order valence-corrected chi connectivity index (χ2v) is 18.4. The van der Waals surface area contributed by atoms with Crippen molar-refractivity contribution < 1.29 is 38.1 Å². The van der Waals surface area contributed by atoms with E-state index in [2.05, 4.69) is 33.9 Å². The maximum Gasteiger partial charge on any atom is 0.311 e. The van der Waals surface area contributed by atoms with Gasteiger partial charge in [-0.25, -0.2) is 0 Å². The van der Waals surface area contributed by atoms with Crippen molar-refractivity contribution in [1.29, 1.82) is 0 Å². The summed E-state index contributed by atoms with van der Waals surface area (Å²) in [5, 5.41) is 9.05. The van der Waals surface area contributed by atoms with Crippen LogP contribution in [0.15, 0.2) is 0 Å². The number of rotatable bonds is 12. The maximum absolute atomic E-state index is 12.3. The van der Waals surface area contributed by atoms with Crippen molar-refractivity contribution in [3.63, 3.8) is 0 Å². The fraction of sp³-hybridized carbons (Fsp3) is 0.893. The van der Waals surface area contributed by atoms with Gasteiger partial charge >= 0.3 is 11.9 Å². The van der Waals surface area contributed by atoms with Crippen molar-refractivity contribution in [2.24, 2.45) is 11.3 Å². The van der Waals surface area contributed by atoms with Gasteiger partial charge in [0.15, 0.2) is 8.32 Å². The summed E-state index contributed by atoms with van der Waals surface area (Å²) >= 11 is 0. The van der Waals surface area contributed by atoms with Crippen LogP contribution in [0, 0.1) is 11.3 Å². The highest BCUT2D eigenvalue weighted by Gasteiger charge is 2.54. The fourth-order valence-corrected chi connectivity index (χ4v) is 5.73. The lowest BCUT2D eigenvalue weighted by atomic mass is 9.84. The van der Waals surface area contributed by atoms with Gasteiger partial charge in [-0.05, 0) is 71.0 Å². The number of ether oxygens (including phenoxy) is 3. The molecule has 8 nitrogen and oxygen atoms in total. The summed E-state index contributed by atoms with van der Waals surface area (Å²) in [6, 6.07) is 0. The minimum absolute atomic E-state index is 0.0221. The van der Waals surface area contributed by atoms with E-state index in [0.717, 1.165) is 19.3 Å². The van der Waals surface area contributed by atoms with Crippen molar-refractivity contribution in [2.45, 2.75) is 135 Å². The van der Waals surface area contributed by atoms with Crippen LogP contribution in [0.25, 0.3) is 0 Å². The van der Waals surface area contributed by atoms with E-state index in [1.165, 1.54) is 0 Å². The minimum Gasteiger partial charge on any atom is -0.481 e. The Bertz CT molecular complexity index is 812. The summed E-state index contributed by atoms with van der Waals surface area (Å²) in [6.07, 6.45) is 3.49. The first-order valence-electron chi connectivity index (χ1n) is 13.8. The lowest BCUT2D eigenvalue weighted by Gasteiger charge is -2.45. The smallest absolute Gasteiger partial charge is 0.311 e. The zero-order valence-corrected chi connectivity index (χ0v) is 25.5. The van der Waals surface area contributed by atoms with Crippen molar-refractivity contribution in [1.82, 2.24) is 0 Å². The second kappa shape index (κ2) is 12.3. The van der Waals surface area contributed by atoms with Crippen LogP contribution in [0.2, 0.25) is 18.1 Å². The molecule has 2 rings (SSSR count). The Morgan fingerprint density at radius 3 is 2.30 bits per heavy atom. The molecule has 37 heavy (non-hydrogen) atoms. The molecule has 0 aromatic carbocycles. The summed E-state index contributed by atoms with van der Waals surface area (Å²) in [4.78, 5) is 35.3. The number of ketones is 1. The minimum atomic E-state index is -2.04. The molecule has 2 heterocycles. The third-order valence-corrected chi connectivity index (χ3v) is 12.6. The Labute approximate surface area is 224 Å². The van der Waals surface area contributed by atoms with Gasteiger partial charge < -0.3 is 23.7 Å². The van der Waals surface area contributed by atoms with Crippen LogP contribution in [0.5, 0.6) is 0 Å². The molecule has 0 bridgehead atoms. The van der Waals surface area contributed by atoms with Crippen LogP contribution in [-0.2, 0) is 33.0 Å². The van der Waals surface area contributed by atoms with Gasteiger partial charge in [0, 0.05) is 12.3 Å². The monoisotopic (exact) mass is 542 g/mol. The lowest BCUT2D eigenvalue weighted by molar-refractivity contribution is -0.184. The molecular weight excluding hydrogens is 492 g/mol. The van der Waals surface area contributed by atoms with Gasteiger partial charge in [0.2, 0.25) is 0 Å². The van der Waals surface area contributed by atoms with Gasteiger partial charge in [0.25, 0.3) is 0 Å². The molecule has 9 heteroatoms. The molecule has 214 valence electrons. The molecule has 2 saturated heterocycles. The first-order chi connectivity index (χ1) is 16.9. The van der Waals surface area contributed by atoms with Gasteiger partial charge in [-0.3, -0.25) is 14.4 Å². The summed E-state index contributed by atoms with van der Waals surface area (Å²) in [7, 11) is -2.04. The number of hydrogen-bond donors (Lipinski definition) is 1. The number of carbonyl (C=O) groups excluding carboxylic acids is 2. The van der Waals surface area contributed by atoms with Crippen molar-refractivity contribution in [2.75, 3.05) is 13.2 Å². The number of hydrogen-bond acceptors (Lipinski definition) is 7. The number of carboxylic acid groups (broad SMARTS) is 1. The Balaban J connectivity index is 2.08. The summed E-state index contributed by atoms with van der Waals surface area (Å²) < 4.78 is 25.3. The highest BCUT2D eigenvalue weighted by Crippen LogP contribution is 2.46. The number of aliphatic carboxylic acids is 1. The van der Waals surface area contributed by atoms with Crippen LogP contribution in [0.3, 0.4) is 0 Å². The quantitative estimate of drug-likeness (QED) is 0.149. The van der Waals surface area contributed by atoms with Gasteiger partial charge in [-0.1, -0.05) is 27.7 Å². The van der Waals surface area contributed by atoms with Gasteiger partial charge in [-0.15, -0.1) is 0 Å². The predicted octanol–water partition coefficient (Wildman–Crippen LogP) is 5.52. The van der Waals surface area contributed by atoms with E-state index in [4.69, 9.17) is 23.7 Å². The highest BCUT2D eigenvalue weighted by molar-refractivity contribution is 6.74. The average Bonchev–Trinajstić information content (AvgIpc) is 3.11. The molecule has 0 spiro atoms. The predicted molar refractivity (Wildman–Crippen MR) is 144 cm³/mol. The van der Waals surface area contributed by atoms with Crippen LogP contribution < -0.4 is 0 Å². The normalized spacial score (nSPS) is 27.4. The largest absolute Gasteiger partial charge is 0.481 e. The topological polar surface area (TPSA) is 108 Å². The van der Waals surface area contributed by atoms with E-state index >= 15 is 0 Å². The molecule has 1 unspecified atom stereocenters. The van der Waals surface area contributed by atoms with Crippen LogP contribution in [-0.4, -0.2) is 68.3 Å². The van der Waals surface area contributed by atoms with Gasteiger partial charge in [-0.2, -0.15) is 0 Å². The number of Topliss-reactive ketones (excluding diaryl/α,β-unsaturated/α-hetero) is 1. The van der Waals surface area contributed by atoms with E-state index in [1.54, 1.807) is 6.92 Å². The van der Waals surface area contributed by atoms with E-state index in [1.807, 2.05) is 20.8 Å². The first-order valence-corrected chi connectivity index (χ1v) is 16.7. The molecule has 1 N–H and O–H groups in total. The van der Waals surface area contributed by atoms with E-state index in [0.29, 0.717) is 32.5 Å². The summed E-state index contributed by atoms with van der Waals surface area (Å²) in [5.41, 5.74) is -1.11. The number of fused-ring (bicyclic) bond motifs is 1.